The Kier molecular flexibility index (Phi) is 3.45. The molecule has 18 heavy (non-hydrogen) atoms. The molecule has 98 valence electrons. The molecule has 4 nitrogen and oxygen atoms in total. The van der Waals surface area contributed by atoms with E-state index in [9.17, 15) is 4.79 Å². The number of hydrogen-bond donors (Lipinski definition) is 1. The van der Waals surface area contributed by atoms with Gasteiger partial charge < -0.3 is 14.8 Å². The molecule has 0 radical (unpaired) electrons. The summed E-state index contributed by atoms with van der Waals surface area (Å²) in [5.74, 6) is 0.855. The molecular formula is C14H19NO3. The highest BCUT2D eigenvalue weighted by molar-refractivity contribution is 5.69. The fraction of sp³-hybridized carbons (Fsp3) is 0.500. The highest BCUT2D eigenvalue weighted by Gasteiger charge is 2.24. The van der Waals surface area contributed by atoms with Crippen LogP contribution in [0.4, 0.5) is 4.79 Å². The van der Waals surface area contributed by atoms with Gasteiger partial charge in [0.25, 0.3) is 0 Å². The summed E-state index contributed by atoms with van der Waals surface area (Å²) in [4.78, 5) is 10.9. The van der Waals surface area contributed by atoms with Crippen LogP contribution < -0.4 is 10.1 Å². The first kappa shape index (κ1) is 12.7. The molecule has 0 bridgehead atoms. The maximum atomic E-state index is 10.9. The van der Waals surface area contributed by atoms with Gasteiger partial charge in [0.2, 0.25) is 0 Å². The molecule has 1 aliphatic heterocycles. The average molecular weight is 249 g/mol. The molecule has 1 atom stereocenters. The quantitative estimate of drug-likeness (QED) is 0.895. The van der Waals surface area contributed by atoms with E-state index >= 15 is 0 Å². The van der Waals surface area contributed by atoms with Gasteiger partial charge in [-0.25, -0.2) is 4.79 Å². The van der Waals surface area contributed by atoms with Gasteiger partial charge in [-0.1, -0.05) is 39.0 Å². The Hall–Kier alpha value is -1.71. The van der Waals surface area contributed by atoms with E-state index in [4.69, 9.17) is 9.47 Å². The van der Waals surface area contributed by atoms with Gasteiger partial charge in [-0.3, -0.25) is 0 Å². The number of rotatable bonds is 3. The molecule has 2 rings (SSSR count). The highest BCUT2D eigenvalue weighted by Crippen LogP contribution is 2.31. The van der Waals surface area contributed by atoms with Gasteiger partial charge in [0, 0.05) is 0 Å². The number of para-hydroxylation sites is 1. The van der Waals surface area contributed by atoms with Crippen molar-refractivity contribution in [2.75, 3.05) is 13.2 Å². The first-order valence-electron chi connectivity index (χ1n) is 6.13. The van der Waals surface area contributed by atoms with Crippen molar-refractivity contribution in [3.05, 3.63) is 29.8 Å². The van der Waals surface area contributed by atoms with E-state index in [2.05, 4.69) is 32.2 Å². The molecule has 1 unspecified atom stereocenters. The summed E-state index contributed by atoms with van der Waals surface area (Å²) in [5, 5.41) is 2.61. The van der Waals surface area contributed by atoms with Crippen LogP contribution in [0.2, 0.25) is 0 Å². The average Bonchev–Trinajstić information content (AvgIpc) is 2.72. The summed E-state index contributed by atoms with van der Waals surface area (Å²) in [6, 6.07) is 7.97. The molecule has 0 aromatic heterocycles. The Labute approximate surface area is 107 Å². The lowest BCUT2D eigenvalue weighted by atomic mass is 9.86. The topological polar surface area (TPSA) is 47.6 Å². The molecule has 0 spiro atoms. The Morgan fingerprint density at radius 1 is 1.39 bits per heavy atom. The maximum Gasteiger partial charge on any atom is 0.407 e. The summed E-state index contributed by atoms with van der Waals surface area (Å²) < 4.78 is 10.8. The van der Waals surface area contributed by atoms with E-state index in [-0.39, 0.29) is 17.6 Å². The molecule has 1 aromatic carbocycles. The molecule has 1 fully saturated rings. The Bertz CT molecular complexity index is 437. The van der Waals surface area contributed by atoms with E-state index in [1.54, 1.807) is 0 Å². The number of nitrogens with one attached hydrogen (secondary N) is 1. The largest absolute Gasteiger partial charge is 0.489 e. The van der Waals surface area contributed by atoms with Gasteiger partial charge in [-0.05, 0) is 17.0 Å². The minimum absolute atomic E-state index is 0.0290. The minimum atomic E-state index is -0.368. The Morgan fingerprint density at radius 2 is 2.11 bits per heavy atom. The monoisotopic (exact) mass is 249 g/mol. The zero-order valence-electron chi connectivity index (χ0n) is 11.0. The smallest absolute Gasteiger partial charge is 0.407 e. The van der Waals surface area contributed by atoms with Crippen LogP contribution in [0.3, 0.4) is 0 Å². The molecule has 1 heterocycles. The van der Waals surface area contributed by atoms with E-state index in [0.29, 0.717) is 13.2 Å². The van der Waals surface area contributed by atoms with Crippen molar-refractivity contribution in [3.63, 3.8) is 0 Å². The Morgan fingerprint density at radius 3 is 2.72 bits per heavy atom. The standard InChI is InChI=1S/C14H19NO3/c1-14(2,3)11-6-4-5-7-12(11)17-9-10-8-15-13(16)18-10/h4-7,10H,8-9H2,1-3H3,(H,15,16). The Balaban J connectivity index is 2.03. The second-order valence-corrected chi connectivity index (χ2v) is 5.47. The van der Waals surface area contributed by atoms with Crippen LogP contribution in [0.5, 0.6) is 5.75 Å². The highest BCUT2D eigenvalue weighted by atomic mass is 16.6. The summed E-state index contributed by atoms with van der Waals surface area (Å²) >= 11 is 0. The fourth-order valence-corrected chi connectivity index (χ4v) is 1.92. The second kappa shape index (κ2) is 4.88. The zero-order chi connectivity index (χ0) is 13.2. The third-order valence-corrected chi connectivity index (χ3v) is 2.87. The molecule has 4 heteroatoms. The number of carbonyl (C=O) groups excluding carboxylic acids is 1. The molecule has 0 saturated carbocycles. The zero-order valence-corrected chi connectivity index (χ0v) is 11.0. The molecule has 1 N–H and O–H groups in total. The number of cyclic esters (lactones) is 1. The van der Waals surface area contributed by atoms with Crippen molar-refractivity contribution < 1.29 is 14.3 Å². The first-order chi connectivity index (χ1) is 8.47. The van der Waals surface area contributed by atoms with E-state index in [0.717, 1.165) is 11.3 Å². The lowest BCUT2D eigenvalue weighted by Gasteiger charge is -2.23. The van der Waals surface area contributed by atoms with Crippen molar-refractivity contribution in [2.24, 2.45) is 0 Å². The normalized spacial score (nSPS) is 19.3. The lowest BCUT2D eigenvalue weighted by Crippen LogP contribution is -2.23. The molecule has 1 saturated heterocycles. The molecule has 1 amide bonds. The predicted octanol–water partition coefficient (Wildman–Crippen LogP) is 2.47. The molecular weight excluding hydrogens is 230 g/mol. The number of carbonyl (C=O) groups is 1. The first-order valence-corrected chi connectivity index (χ1v) is 6.13. The molecule has 0 aliphatic carbocycles. The molecule has 1 aromatic rings. The maximum absolute atomic E-state index is 10.9. The number of ether oxygens (including phenoxy) is 2. The van der Waals surface area contributed by atoms with E-state index in [1.807, 2.05) is 18.2 Å². The summed E-state index contributed by atoms with van der Waals surface area (Å²) in [7, 11) is 0. The summed E-state index contributed by atoms with van der Waals surface area (Å²) in [5.41, 5.74) is 1.18. The van der Waals surface area contributed by atoms with Gasteiger partial charge in [-0.15, -0.1) is 0 Å². The van der Waals surface area contributed by atoms with Gasteiger partial charge >= 0.3 is 6.09 Å². The van der Waals surface area contributed by atoms with Crippen LogP contribution in [0, 0.1) is 0 Å². The third-order valence-electron chi connectivity index (χ3n) is 2.87. The summed E-state index contributed by atoms with van der Waals surface area (Å²) in [6.45, 7) is 7.33. The van der Waals surface area contributed by atoms with Crippen LogP contribution >= 0.6 is 0 Å². The van der Waals surface area contributed by atoms with E-state index < -0.39 is 0 Å². The van der Waals surface area contributed by atoms with Gasteiger partial charge in [-0.2, -0.15) is 0 Å². The number of hydrogen-bond acceptors (Lipinski definition) is 3. The van der Waals surface area contributed by atoms with Crippen LogP contribution in [0.25, 0.3) is 0 Å². The minimum Gasteiger partial charge on any atom is -0.489 e. The summed E-state index contributed by atoms with van der Waals surface area (Å²) in [6.07, 6.45) is -0.571. The van der Waals surface area contributed by atoms with Crippen LogP contribution in [0.1, 0.15) is 26.3 Å². The molecule has 1 aliphatic rings. The van der Waals surface area contributed by atoms with Gasteiger partial charge in [0.15, 0.2) is 6.10 Å². The van der Waals surface area contributed by atoms with Crippen molar-refractivity contribution in [2.45, 2.75) is 32.3 Å². The van der Waals surface area contributed by atoms with Crippen molar-refractivity contribution in [3.8, 4) is 5.75 Å². The predicted molar refractivity (Wildman–Crippen MR) is 68.9 cm³/mol. The van der Waals surface area contributed by atoms with E-state index in [1.165, 1.54) is 0 Å². The lowest BCUT2D eigenvalue weighted by molar-refractivity contribution is 0.104. The number of benzene rings is 1. The third kappa shape index (κ3) is 2.94. The van der Waals surface area contributed by atoms with Gasteiger partial charge in [0.1, 0.15) is 12.4 Å². The van der Waals surface area contributed by atoms with Crippen LogP contribution in [-0.2, 0) is 10.2 Å². The van der Waals surface area contributed by atoms with Crippen molar-refractivity contribution in [1.29, 1.82) is 0 Å². The van der Waals surface area contributed by atoms with Gasteiger partial charge in [0.05, 0.1) is 6.54 Å². The van der Waals surface area contributed by atoms with Crippen LogP contribution in [-0.4, -0.2) is 25.3 Å². The number of alkyl carbamates (subject to hydrolysis) is 1. The fourth-order valence-electron chi connectivity index (χ4n) is 1.92. The SMILES string of the molecule is CC(C)(C)c1ccccc1OCC1CNC(=O)O1. The van der Waals surface area contributed by atoms with Crippen LogP contribution in [0.15, 0.2) is 24.3 Å². The second-order valence-electron chi connectivity index (χ2n) is 5.47. The van der Waals surface area contributed by atoms with Crippen molar-refractivity contribution in [1.82, 2.24) is 5.32 Å². The number of amides is 1. The van der Waals surface area contributed by atoms with Crippen molar-refractivity contribution >= 4 is 6.09 Å².